The topological polar surface area (TPSA) is 62.2 Å². The van der Waals surface area contributed by atoms with Crippen molar-refractivity contribution in [3.05, 3.63) is 28.0 Å². The number of carboxylic acids is 1. The Hall–Kier alpha value is -0.840. The molecular formula is C14H18Cl2N2O2. The van der Waals surface area contributed by atoms with E-state index < -0.39 is 5.97 Å². The molecule has 1 heterocycles. The normalized spacial score (nSPS) is 17.9. The van der Waals surface area contributed by atoms with E-state index in [1.807, 2.05) is 0 Å². The lowest BCUT2D eigenvalue weighted by Crippen LogP contribution is -2.48. The average Bonchev–Trinajstić information content (AvgIpc) is 2.38. The second kappa shape index (κ2) is 6.74. The lowest BCUT2D eigenvalue weighted by molar-refractivity contribution is -0.139. The molecule has 1 fully saturated rings. The zero-order valence-electron chi connectivity index (χ0n) is 11.2. The Morgan fingerprint density at radius 2 is 2.05 bits per heavy atom. The maximum Gasteiger partial charge on any atom is 0.305 e. The van der Waals surface area contributed by atoms with Crippen LogP contribution in [0.3, 0.4) is 0 Å². The molecule has 2 N–H and O–H groups in total. The minimum Gasteiger partial charge on any atom is -0.481 e. The van der Waals surface area contributed by atoms with Crippen molar-refractivity contribution < 1.29 is 9.90 Å². The molecule has 0 aromatic carbocycles. The van der Waals surface area contributed by atoms with Gasteiger partial charge in [-0.25, -0.2) is 0 Å². The maximum absolute atomic E-state index is 11.1. The number of pyridine rings is 1. The summed E-state index contributed by atoms with van der Waals surface area (Å²) in [5.41, 5.74) is 0.362. The van der Waals surface area contributed by atoms with Crippen LogP contribution in [0.5, 0.6) is 0 Å². The molecule has 0 aliphatic heterocycles. The Balaban J connectivity index is 2.06. The number of hydrogen-bond donors (Lipinski definition) is 2. The summed E-state index contributed by atoms with van der Waals surface area (Å²) < 4.78 is 0. The number of nitrogens with zero attached hydrogens (tertiary/aromatic N) is 1. The molecule has 0 unspecified atom stereocenters. The molecule has 0 saturated heterocycles. The van der Waals surface area contributed by atoms with Gasteiger partial charge < -0.3 is 10.4 Å². The summed E-state index contributed by atoms with van der Waals surface area (Å²) in [7, 11) is 0. The molecule has 1 saturated carbocycles. The van der Waals surface area contributed by atoms with Crippen molar-refractivity contribution in [1.82, 2.24) is 10.3 Å². The van der Waals surface area contributed by atoms with Crippen molar-refractivity contribution in [2.24, 2.45) is 0 Å². The van der Waals surface area contributed by atoms with Gasteiger partial charge in [0.15, 0.2) is 0 Å². The maximum atomic E-state index is 11.1. The van der Waals surface area contributed by atoms with Crippen molar-refractivity contribution in [3.63, 3.8) is 0 Å². The molecule has 4 nitrogen and oxygen atoms in total. The van der Waals surface area contributed by atoms with Gasteiger partial charge in [0, 0.05) is 18.3 Å². The van der Waals surface area contributed by atoms with Gasteiger partial charge in [0.1, 0.15) is 0 Å². The molecule has 1 aromatic heterocycles. The smallest absolute Gasteiger partial charge is 0.305 e. The third-order valence-corrected chi connectivity index (χ3v) is 4.35. The second-order valence-corrected chi connectivity index (χ2v) is 6.19. The van der Waals surface area contributed by atoms with Gasteiger partial charge in [-0.05, 0) is 18.9 Å². The Morgan fingerprint density at radius 3 is 2.65 bits per heavy atom. The van der Waals surface area contributed by atoms with Crippen LogP contribution in [0.4, 0.5) is 0 Å². The summed E-state index contributed by atoms with van der Waals surface area (Å²) >= 11 is 11.9. The van der Waals surface area contributed by atoms with Crippen LogP contribution in [0.2, 0.25) is 10.0 Å². The first kappa shape index (κ1) is 15.5. The Morgan fingerprint density at radius 1 is 1.35 bits per heavy atom. The van der Waals surface area contributed by atoms with Gasteiger partial charge in [-0.2, -0.15) is 0 Å². The molecule has 1 aliphatic rings. The molecule has 0 bridgehead atoms. The van der Waals surface area contributed by atoms with Gasteiger partial charge in [-0.15, -0.1) is 0 Å². The molecule has 20 heavy (non-hydrogen) atoms. The van der Waals surface area contributed by atoms with Gasteiger partial charge >= 0.3 is 5.97 Å². The number of hydrogen-bond acceptors (Lipinski definition) is 3. The highest BCUT2D eigenvalue weighted by atomic mass is 35.5. The molecule has 110 valence electrons. The number of nitrogens with one attached hydrogen (secondary N) is 1. The predicted molar refractivity (Wildman–Crippen MR) is 79.2 cm³/mol. The number of aromatic nitrogens is 1. The zero-order chi connectivity index (χ0) is 14.6. The quantitative estimate of drug-likeness (QED) is 0.870. The molecule has 0 amide bonds. The average molecular weight is 317 g/mol. The fourth-order valence-electron chi connectivity index (χ4n) is 2.78. The number of rotatable bonds is 5. The summed E-state index contributed by atoms with van der Waals surface area (Å²) in [6.45, 7) is 0.462. The first-order chi connectivity index (χ1) is 9.51. The van der Waals surface area contributed by atoms with Crippen molar-refractivity contribution >= 4 is 29.2 Å². The van der Waals surface area contributed by atoms with E-state index in [0.717, 1.165) is 25.7 Å². The number of aliphatic carboxylic acids is 1. The molecule has 0 radical (unpaired) electrons. The molecule has 6 heteroatoms. The van der Waals surface area contributed by atoms with Crippen LogP contribution in [0, 0.1) is 0 Å². The van der Waals surface area contributed by atoms with E-state index in [1.165, 1.54) is 6.42 Å². The highest BCUT2D eigenvalue weighted by molar-refractivity contribution is 6.34. The number of carbonyl (C=O) groups is 1. The van der Waals surface area contributed by atoms with Gasteiger partial charge in [-0.1, -0.05) is 42.5 Å². The van der Waals surface area contributed by atoms with E-state index in [-0.39, 0.29) is 12.0 Å². The van der Waals surface area contributed by atoms with Crippen LogP contribution in [-0.2, 0) is 11.3 Å². The van der Waals surface area contributed by atoms with E-state index in [4.69, 9.17) is 28.3 Å². The molecule has 0 atom stereocenters. The Bertz CT molecular complexity index is 488. The largest absolute Gasteiger partial charge is 0.481 e. The van der Waals surface area contributed by atoms with Crippen LogP contribution in [0.15, 0.2) is 12.3 Å². The third kappa shape index (κ3) is 4.08. The van der Waals surface area contributed by atoms with Crippen LogP contribution < -0.4 is 5.32 Å². The van der Waals surface area contributed by atoms with E-state index in [9.17, 15) is 4.79 Å². The summed E-state index contributed by atoms with van der Waals surface area (Å²) in [6, 6.07) is 1.65. The van der Waals surface area contributed by atoms with Gasteiger partial charge in [0.25, 0.3) is 0 Å². The lowest BCUT2D eigenvalue weighted by Gasteiger charge is -2.37. The highest BCUT2D eigenvalue weighted by Gasteiger charge is 2.34. The van der Waals surface area contributed by atoms with Crippen LogP contribution >= 0.6 is 23.2 Å². The molecular weight excluding hydrogens is 299 g/mol. The summed E-state index contributed by atoms with van der Waals surface area (Å²) in [5, 5.41) is 13.5. The van der Waals surface area contributed by atoms with E-state index in [1.54, 1.807) is 12.3 Å². The van der Waals surface area contributed by atoms with Crippen LogP contribution in [0.1, 0.15) is 44.2 Å². The first-order valence-corrected chi connectivity index (χ1v) is 7.53. The van der Waals surface area contributed by atoms with Crippen molar-refractivity contribution in [3.8, 4) is 0 Å². The molecule has 1 aromatic rings. The molecule has 0 spiro atoms. The summed E-state index contributed by atoms with van der Waals surface area (Å²) in [4.78, 5) is 15.3. The van der Waals surface area contributed by atoms with E-state index in [0.29, 0.717) is 22.3 Å². The fraction of sp³-hybridized carbons (Fsp3) is 0.571. The van der Waals surface area contributed by atoms with Gasteiger partial charge in [0.05, 0.1) is 22.2 Å². The van der Waals surface area contributed by atoms with Crippen molar-refractivity contribution in [2.75, 3.05) is 0 Å². The molecule has 2 rings (SSSR count). The first-order valence-electron chi connectivity index (χ1n) is 6.77. The van der Waals surface area contributed by atoms with Gasteiger partial charge in [-0.3, -0.25) is 9.78 Å². The summed E-state index contributed by atoms with van der Waals surface area (Å²) in [5.74, 6) is -0.769. The monoisotopic (exact) mass is 316 g/mol. The van der Waals surface area contributed by atoms with Crippen LogP contribution in [0.25, 0.3) is 0 Å². The van der Waals surface area contributed by atoms with Crippen molar-refractivity contribution in [2.45, 2.75) is 50.6 Å². The Labute approximate surface area is 128 Å². The fourth-order valence-corrected chi connectivity index (χ4v) is 3.23. The summed E-state index contributed by atoms with van der Waals surface area (Å²) in [6.07, 6.45) is 6.73. The zero-order valence-corrected chi connectivity index (χ0v) is 12.7. The lowest BCUT2D eigenvalue weighted by atomic mass is 9.79. The highest BCUT2D eigenvalue weighted by Crippen LogP contribution is 2.31. The standard InChI is InChI=1S/C14H18Cl2N2O2/c15-10-6-11(16)12(17-8-10)9-18-14(7-13(19)20)4-2-1-3-5-14/h6,8,18H,1-5,7,9H2,(H,19,20). The van der Waals surface area contributed by atoms with Crippen LogP contribution in [-0.4, -0.2) is 21.6 Å². The van der Waals surface area contributed by atoms with Gasteiger partial charge in [0.2, 0.25) is 0 Å². The predicted octanol–water partition coefficient (Wildman–Crippen LogP) is 3.66. The Kier molecular flexibility index (Phi) is 5.24. The number of carboxylic acid groups (broad SMARTS) is 1. The minimum atomic E-state index is -0.769. The molecule has 1 aliphatic carbocycles. The minimum absolute atomic E-state index is 0.137. The van der Waals surface area contributed by atoms with Crippen molar-refractivity contribution in [1.29, 1.82) is 0 Å². The van der Waals surface area contributed by atoms with E-state index in [2.05, 4.69) is 10.3 Å². The number of halogens is 2. The SMILES string of the molecule is O=C(O)CC1(NCc2ncc(Cl)cc2Cl)CCCCC1. The second-order valence-electron chi connectivity index (χ2n) is 5.35. The third-order valence-electron chi connectivity index (χ3n) is 3.82. The van der Waals surface area contributed by atoms with E-state index >= 15 is 0 Å².